The van der Waals surface area contributed by atoms with Gasteiger partial charge in [0.1, 0.15) is 5.54 Å². The lowest BCUT2D eigenvalue weighted by atomic mass is 10.1. The lowest BCUT2D eigenvalue weighted by Gasteiger charge is -2.30. The molecule has 100 valence electrons. The molecule has 1 aromatic carbocycles. The van der Waals surface area contributed by atoms with Crippen LogP contribution < -0.4 is 0 Å². The van der Waals surface area contributed by atoms with Gasteiger partial charge in [0.25, 0.3) is 0 Å². The van der Waals surface area contributed by atoms with E-state index in [1.165, 1.54) is 39.1 Å². The average Bonchev–Trinajstić information content (AvgIpc) is 2.27. The molecular formula is C11H14ClNO4S. The van der Waals surface area contributed by atoms with Crippen LogP contribution in [0.1, 0.15) is 13.8 Å². The van der Waals surface area contributed by atoms with Crippen LogP contribution in [-0.4, -0.2) is 36.4 Å². The Morgan fingerprint density at radius 3 is 2.39 bits per heavy atom. The Bertz CT molecular complexity index is 568. The lowest BCUT2D eigenvalue weighted by molar-refractivity contribution is -0.145. The number of benzene rings is 1. The molecule has 0 saturated carbocycles. The maximum absolute atomic E-state index is 12.2. The Kier molecular flexibility index (Phi) is 4.05. The molecule has 0 aliphatic heterocycles. The summed E-state index contributed by atoms with van der Waals surface area (Å²) in [6.07, 6.45) is 0. The number of halogens is 1. The Labute approximate surface area is 111 Å². The molecule has 0 aromatic heterocycles. The lowest BCUT2D eigenvalue weighted by Crippen LogP contribution is -2.50. The number of nitrogens with zero attached hydrogens (tertiary/aromatic N) is 1. The predicted octanol–water partition coefficient (Wildman–Crippen LogP) is 1.82. The number of aliphatic carboxylic acids is 1. The molecule has 0 radical (unpaired) electrons. The molecule has 0 atom stereocenters. The first kappa shape index (κ1) is 14.9. The monoisotopic (exact) mass is 291 g/mol. The molecule has 1 aromatic rings. The smallest absolute Gasteiger partial charge is 0.324 e. The van der Waals surface area contributed by atoms with Crippen molar-refractivity contribution in [3.8, 4) is 0 Å². The highest BCUT2D eigenvalue weighted by molar-refractivity contribution is 7.89. The molecule has 7 heteroatoms. The van der Waals surface area contributed by atoms with Crippen LogP contribution in [0, 0.1) is 0 Å². The van der Waals surface area contributed by atoms with E-state index >= 15 is 0 Å². The van der Waals surface area contributed by atoms with E-state index in [-0.39, 0.29) is 9.92 Å². The first-order chi connectivity index (χ1) is 8.10. The molecule has 0 heterocycles. The second-order valence-electron chi connectivity index (χ2n) is 4.29. The van der Waals surface area contributed by atoms with E-state index in [1.54, 1.807) is 6.07 Å². The summed E-state index contributed by atoms with van der Waals surface area (Å²) in [5.41, 5.74) is -1.54. The van der Waals surface area contributed by atoms with Gasteiger partial charge in [-0.1, -0.05) is 17.7 Å². The van der Waals surface area contributed by atoms with Gasteiger partial charge in [-0.25, -0.2) is 8.42 Å². The first-order valence-electron chi connectivity index (χ1n) is 5.08. The summed E-state index contributed by atoms with van der Waals surface area (Å²) in [7, 11) is -2.67. The van der Waals surface area contributed by atoms with Crippen LogP contribution in [-0.2, 0) is 14.8 Å². The van der Waals surface area contributed by atoms with E-state index in [2.05, 4.69) is 0 Å². The van der Waals surface area contributed by atoms with Gasteiger partial charge in [-0.3, -0.25) is 4.79 Å². The summed E-state index contributed by atoms with van der Waals surface area (Å²) >= 11 is 5.73. The largest absolute Gasteiger partial charge is 0.480 e. The minimum atomic E-state index is -3.90. The zero-order valence-electron chi connectivity index (χ0n) is 10.2. The SMILES string of the molecule is CN(C(C)(C)C(=O)O)S(=O)(=O)c1cccc(Cl)c1. The molecule has 0 fully saturated rings. The van der Waals surface area contributed by atoms with Crippen molar-refractivity contribution in [1.82, 2.24) is 4.31 Å². The van der Waals surface area contributed by atoms with E-state index in [1.807, 2.05) is 0 Å². The van der Waals surface area contributed by atoms with Crippen molar-refractivity contribution >= 4 is 27.6 Å². The summed E-state index contributed by atoms with van der Waals surface area (Å²) in [4.78, 5) is 11.0. The molecule has 1 rings (SSSR count). The molecule has 0 aliphatic rings. The van der Waals surface area contributed by atoms with E-state index in [0.717, 1.165) is 4.31 Å². The molecule has 0 unspecified atom stereocenters. The topological polar surface area (TPSA) is 74.7 Å². The van der Waals surface area contributed by atoms with Crippen LogP contribution in [0.4, 0.5) is 0 Å². The molecule has 0 spiro atoms. The number of rotatable bonds is 4. The molecule has 0 amide bonds. The highest BCUT2D eigenvalue weighted by Crippen LogP contribution is 2.24. The van der Waals surface area contributed by atoms with Crippen molar-refractivity contribution in [2.75, 3.05) is 7.05 Å². The maximum Gasteiger partial charge on any atom is 0.324 e. The van der Waals surface area contributed by atoms with Crippen LogP contribution in [0.2, 0.25) is 5.02 Å². The van der Waals surface area contributed by atoms with Crippen molar-refractivity contribution < 1.29 is 18.3 Å². The third-order valence-electron chi connectivity index (χ3n) is 2.77. The summed E-state index contributed by atoms with van der Waals surface area (Å²) in [6, 6.07) is 5.70. The van der Waals surface area contributed by atoms with Gasteiger partial charge in [0, 0.05) is 12.1 Å². The predicted molar refractivity (Wildman–Crippen MR) is 68.1 cm³/mol. The Morgan fingerprint density at radius 2 is 1.94 bits per heavy atom. The fourth-order valence-corrected chi connectivity index (χ4v) is 3.00. The summed E-state index contributed by atoms with van der Waals surface area (Å²) in [5.74, 6) is -1.23. The average molecular weight is 292 g/mol. The highest BCUT2D eigenvalue weighted by atomic mass is 35.5. The number of carboxylic acids is 1. The van der Waals surface area contributed by atoms with E-state index in [9.17, 15) is 13.2 Å². The van der Waals surface area contributed by atoms with Crippen LogP contribution >= 0.6 is 11.6 Å². The van der Waals surface area contributed by atoms with Crippen LogP contribution in [0.15, 0.2) is 29.2 Å². The number of carbonyl (C=O) groups is 1. The van der Waals surface area contributed by atoms with Crippen LogP contribution in [0.5, 0.6) is 0 Å². The van der Waals surface area contributed by atoms with Gasteiger partial charge in [-0.05, 0) is 32.0 Å². The zero-order chi connectivity index (χ0) is 14.1. The van der Waals surface area contributed by atoms with Crippen molar-refractivity contribution in [2.45, 2.75) is 24.3 Å². The van der Waals surface area contributed by atoms with E-state index < -0.39 is 21.5 Å². The van der Waals surface area contributed by atoms with Gasteiger partial charge >= 0.3 is 5.97 Å². The fourth-order valence-electron chi connectivity index (χ4n) is 1.22. The molecule has 1 N–H and O–H groups in total. The Balaban J connectivity index is 3.28. The normalized spacial score (nSPS) is 12.7. The third-order valence-corrected chi connectivity index (χ3v) is 5.03. The maximum atomic E-state index is 12.2. The summed E-state index contributed by atoms with van der Waals surface area (Å²) in [5, 5.41) is 9.32. The number of likely N-dealkylation sites (N-methyl/N-ethyl adjacent to an activating group) is 1. The third kappa shape index (κ3) is 2.66. The number of sulfonamides is 1. The standard InChI is InChI=1S/C11H14ClNO4S/c1-11(2,10(14)15)13(3)18(16,17)9-6-4-5-8(12)7-9/h4-7H,1-3H3,(H,14,15). The summed E-state index contributed by atoms with van der Waals surface area (Å²) < 4.78 is 25.3. The van der Waals surface area contributed by atoms with Gasteiger partial charge in [0.15, 0.2) is 0 Å². The van der Waals surface area contributed by atoms with Crippen LogP contribution in [0.3, 0.4) is 0 Å². The second kappa shape index (κ2) is 4.87. The van der Waals surface area contributed by atoms with Crippen LogP contribution in [0.25, 0.3) is 0 Å². The minimum Gasteiger partial charge on any atom is -0.480 e. The first-order valence-corrected chi connectivity index (χ1v) is 6.90. The summed E-state index contributed by atoms with van der Waals surface area (Å²) in [6.45, 7) is 2.63. The number of hydrogen-bond acceptors (Lipinski definition) is 3. The van der Waals surface area contributed by atoms with E-state index in [0.29, 0.717) is 0 Å². The van der Waals surface area contributed by atoms with Gasteiger partial charge in [0.2, 0.25) is 10.0 Å². The molecule has 5 nitrogen and oxygen atoms in total. The minimum absolute atomic E-state index is 0.0353. The van der Waals surface area contributed by atoms with Crippen molar-refractivity contribution in [3.63, 3.8) is 0 Å². The van der Waals surface area contributed by atoms with Crippen molar-refractivity contribution in [1.29, 1.82) is 0 Å². The number of carboxylic acid groups (broad SMARTS) is 1. The second-order valence-corrected chi connectivity index (χ2v) is 6.70. The number of hydrogen-bond donors (Lipinski definition) is 1. The molecule has 0 bridgehead atoms. The van der Waals surface area contributed by atoms with Crippen molar-refractivity contribution in [2.24, 2.45) is 0 Å². The molecule has 0 saturated heterocycles. The Morgan fingerprint density at radius 1 is 1.39 bits per heavy atom. The van der Waals surface area contributed by atoms with Gasteiger partial charge < -0.3 is 5.11 Å². The highest BCUT2D eigenvalue weighted by Gasteiger charge is 2.40. The van der Waals surface area contributed by atoms with Gasteiger partial charge in [0.05, 0.1) is 4.90 Å². The van der Waals surface area contributed by atoms with Gasteiger partial charge in [-0.2, -0.15) is 4.31 Å². The van der Waals surface area contributed by atoms with Crippen molar-refractivity contribution in [3.05, 3.63) is 29.3 Å². The Hall–Kier alpha value is -1.11. The van der Waals surface area contributed by atoms with Gasteiger partial charge in [-0.15, -0.1) is 0 Å². The molecule has 18 heavy (non-hydrogen) atoms. The molecule has 0 aliphatic carbocycles. The fraction of sp³-hybridized carbons (Fsp3) is 0.364. The van der Waals surface area contributed by atoms with E-state index in [4.69, 9.17) is 16.7 Å². The zero-order valence-corrected chi connectivity index (χ0v) is 11.8. The quantitative estimate of drug-likeness (QED) is 0.918. The molecular weight excluding hydrogens is 278 g/mol.